The Bertz CT molecular complexity index is 771. The smallest absolute Gasteiger partial charge is 0.338 e. The Morgan fingerprint density at radius 2 is 1.96 bits per heavy atom. The Labute approximate surface area is 153 Å². The summed E-state index contributed by atoms with van der Waals surface area (Å²) in [4.78, 5) is 24.0. The highest BCUT2D eigenvalue weighted by Gasteiger charge is 2.29. The largest absolute Gasteiger partial charge is 0.449 e. The molecule has 0 aliphatic carbocycles. The van der Waals surface area contributed by atoms with Crippen molar-refractivity contribution in [3.8, 4) is 0 Å². The van der Waals surface area contributed by atoms with Crippen LogP contribution in [0, 0.1) is 6.92 Å². The van der Waals surface area contributed by atoms with Crippen molar-refractivity contribution in [2.75, 3.05) is 32.8 Å². The fourth-order valence-electron chi connectivity index (χ4n) is 2.53. The fraction of sp³-hybridized carbons (Fsp3) is 0.529. The van der Waals surface area contributed by atoms with Crippen LogP contribution in [0.3, 0.4) is 0 Å². The highest BCUT2D eigenvalue weighted by molar-refractivity contribution is 7.89. The van der Waals surface area contributed by atoms with E-state index >= 15 is 0 Å². The molecule has 9 heteroatoms. The lowest BCUT2D eigenvalue weighted by molar-refractivity contribution is -0.128. The first-order chi connectivity index (χ1) is 12.3. The number of amides is 1. The number of hydrogen-bond donors (Lipinski definition) is 1. The van der Waals surface area contributed by atoms with Gasteiger partial charge in [-0.05, 0) is 38.5 Å². The van der Waals surface area contributed by atoms with E-state index in [4.69, 9.17) is 9.47 Å². The third-order valence-electron chi connectivity index (χ3n) is 4.02. The molecular weight excluding hydrogens is 360 g/mol. The van der Waals surface area contributed by atoms with Crippen molar-refractivity contribution in [3.63, 3.8) is 0 Å². The second-order valence-corrected chi connectivity index (χ2v) is 7.85. The van der Waals surface area contributed by atoms with Crippen molar-refractivity contribution in [1.29, 1.82) is 0 Å². The monoisotopic (exact) mass is 384 g/mol. The van der Waals surface area contributed by atoms with Crippen molar-refractivity contribution < 1.29 is 27.5 Å². The van der Waals surface area contributed by atoms with Gasteiger partial charge in [0.25, 0.3) is 5.91 Å². The summed E-state index contributed by atoms with van der Waals surface area (Å²) in [7, 11) is -3.74. The summed E-state index contributed by atoms with van der Waals surface area (Å²) in [6.45, 7) is 6.52. The Kier molecular flexibility index (Phi) is 6.74. The third-order valence-corrected chi connectivity index (χ3v) is 6.06. The van der Waals surface area contributed by atoms with Crippen molar-refractivity contribution in [1.82, 2.24) is 9.62 Å². The predicted molar refractivity (Wildman–Crippen MR) is 94.3 cm³/mol. The molecular formula is C17H24N2O6S. The van der Waals surface area contributed by atoms with E-state index < -0.39 is 28.0 Å². The molecule has 1 aromatic carbocycles. The van der Waals surface area contributed by atoms with Crippen molar-refractivity contribution >= 4 is 21.9 Å². The molecule has 1 heterocycles. The molecule has 1 fully saturated rings. The van der Waals surface area contributed by atoms with Gasteiger partial charge in [-0.2, -0.15) is 4.31 Å². The van der Waals surface area contributed by atoms with Gasteiger partial charge in [-0.1, -0.05) is 6.07 Å². The number of likely N-dealkylation sites (N-methyl/N-ethyl adjacent to an activating group) is 1. The van der Waals surface area contributed by atoms with E-state index in [9.17, 15) is 18.0 Å². The van der Waals surface area contributed by atoms with Gasteiger partial charge in [0.2, 0.25) is 10.0 Å². The molecule has 1 aromatic rings. The lowest BCUT2D eigenvalue weighted by atomic mass is 10.1. The molecule has 26 heavy (non-hydrogen) atoms. The predicted octanol–water partition coefficient (Wildman–Crippen LogP) is 0.697. The van der Waals surface area contributed by atoms with Crippen LogP contribution in [0.25, 0.3) is 0 Å². The maximum atomic E-state index is 12.9. The molecule has 0 unspecified atom stereocenters. The molecule has 1 saturated heterocycles. The lowest BCUT2D eigenvalue weighted by Crippen LogP contribution is -2.41. The van der Waals surface area contributed by atoms with Crippen LogP contribution >= 0.6 is 0 Å². The van der Waals surface area contributed by atoms with E-state index in [0.29, 0.717) is 25.3 Å². The summed E-state index contributed by atoms with van der Waals surface area (Å²) in [6, 6.07) is 4.34. The summed E-state index contributed by atoms with van der Waals surface area (Å²) >= 11 is 0. The minimum atomic E-state index is -3.74. The Balaban J connectivity index is 2.23. The molecule has 0 saturated carbocycles. The number of esters is 1. The molecule has 1 atom stereocenters. The first kappa shape index (κ1) is 20.3. The number of carbonyl (C=O) groups is 2. The van der Waals surface area contributed by atoms with Crippen molar-refractivity contribution in [3.05, 3.63) is 29.3 Å². The highest BCUT2D eigenvalue weighted by Crippen LogP contribution is 2.23. The summed E-state index contributed by atoms with van der Waals surface area (Å²) in [6.07, 6.45) is -0.969. The zero-order valence-electron chi connectivity index (χ0n) is 15.1. The molecule has 1 aliphatic rings. The maximum Gasteiger partial charge on any atom is 0.338 e. The Morgan fingerprint density at radius 1 is 1.31 bits per heavy atom. The van der Waals surface area contributed by atoms with Crippen molar-refractivity contribution in [2.24, 2.45) is 0 Å². The molecule has 144 valence electrons. The molecule has 1 aliphatic heterocycles. The van der Waals surface area contributed by atoms with Gasteiger partial charge in [-0.25, -0.2) is 13.2 Å². The van der Waals surface area contributed by atoms with E-state index in [-0.39, 0.29) is 23.5 Å². The van der Waals surface area contributed by atoms with Crippen LogP contribution in [0.1, 0.15) is 29.8 Å². The number of sulfonamides is 1. The second kappa shape index (κ2) is 8.61. The van der Waals surface area contributed by atoms with Gasteiger partial charge >= 0.3 is 5.97 Å². The first-order valence-corrected chi connectivity index (χ1v) is 9.88. The van der Waals surface area contributed by atoms with E-state index in [2.05, 4.69) is 5.32 Å². The van der Waals surface area contributed by atoms with Crippen LogP contribution in [-0.2, 0) is 24.3 Å². The average Bonchev–Trinajstić information content (AvgIpc) is 2.62. The maximum absolute atomic E-state index is 12.9. The van der Waals surface area contributed by atoms with Crippen LogP contribution in [-0.4, -0.2) is 63.6 Å². The van der Waals surface area contributed by atoms with Crippen molar-refractivity contribution in [2.45, 2.75) is 31.8 Å². The Hall–Kier alpha value is -1.97. The van der Waals surface area contributed by atoms with E-state index in [0.717, 1.165) is 0 Å². The number of carbonyl (C=O) groups excluding carboxylic acids is 2. The molecule has 0 aromatic heterocycles. The van der Waals surface area contributed by atoms with Crippen LogP contribution in [0.4, 0.5) is 0 Å². The summed E-state index contributed by atoms with van der Waals surface area (Å²) in [5, 5.41) is 2.56. The van der Waals surface area contributed by atoms with Gasteiger partial charge in [0.05, 0.1) is 23.7 Å². The zero-order valence-corrected chi connectivity index (χ0v) is 16.0. The number of morpholine rings is 1. The number of nitrogens with zero attached hydrogens (tertiary/aromatic N) is 1. The molecule has 1 N–H and O–H groups in total. The van der Waals surface area contributed by atoms with E-state index in [1.54, 1.807) is 19.9 Å². The fourth-order valence-corrected chi connectivity index (χ4v) is 4.19. The molecule has 0 spiro atoms. The highest BCUT2D eigenvalue weighted by atomic mass is 32.2. The van der Waals surface area contributed by atoms with Gasteiger partial charge in [0, 0.05) is 19.6 Å². The molecule has 2 rings (SSSR count). The van der Waals surface area contributed by atoms with Gasteiger partial charge in [-0.15, -0.1) is 0 Å². The van der Waals surface area contributed by atoms with Gasteiger partial charge in [0.15, 0.2) is 6.10 Å². The number of hydrogen-bond acceptors (Lipinski definition) is 6. The van der Waals surface area contributed by atoms with Gasteiger partial charge < -0.3 is 14.8 Å². The SMILES string of the molecule is CCNC(=O)[C@@H](C)OC(=O)c1ccc(C)c(S(=O)(=O)N2CCOCC2)c1. The van der Waals surface area contributed by atoms with Crippen LogP contribution in [0.15, 0.2) is 23.1 Å². The van der Waals surface area contributed by atoms with E-state index in [1.807, 2.05) is 0 Å². The minimum Gasteiger partial charge on any atom is -0.449 e. The molecule has 0 radical (unpaired) electrons. The molecule has 8 nitrogen and oxygen atoms in total. The summed E-state index contributed by atoms with van der Waals surface area (Å²) in [5.41, 5.74) is 0.614. The lowest BCUT2D eigenvalue weighted by Gasteiger charge is -2.26. The normalized spacial score (nSPS) is 16.7. The zero-order chi connectivity index (χ0) is 19.3. The topological polar surface area (TPSA) is 102 Å². The van der Waals surface area contributed by atoms with Gasteiger partial charge in [-0.3, -0.25) is 4.79 Å². The first-order valence-electron chi connectivity index (χ1n) is 8.44. The average molecular weight is 384 g/mol. The Morgan fingerprint density at radius 3 is 2.58 bits per heavy atom. The number of rotatable bonds is 6. The molecule has 0 bridgehead atoms. The minimum absolute atomic E-state index is 0.0551. The molecule has 1 amide bonds. The standard InChI is InChI=1S/C17H24N2O6S/c1-4-18-16(20)13(3)25-17(21)14-6-5-12(2)15(11-14)26(22,23)19-7-9-24-10-8-19/h5-6,11,13H,4,7-10H2,1-3H3,(H,18,20)/t13-/m1/s1. The second-order valence-electron chi connectivity index (χ2n) is 5.94. The third kappa shape index (κ3) is 4.60. The number of benzene rings is 1. The van der Waals surface area contributed by atoms with E-state index in [1.165, 1.54) is 23.4 Å². The number of ether oxygens (including phenoxy) is 2. The van der Waals surface area contributed by atoms with Crippen LogP contribution < -0.4 is 5.32 Å². The summed E-state index contributed by atoms with van der Waals surface area (Å²) < 4.78 is 37.4. The summed E-state index contributed by atoms with van der Waals surface area (Å²) in [5.74, 6) is -1.16. The quantitative estimate of drug-likeness (QED) is 0.725. The number of nitrogens with one attached hydrogen (secondary N) is 1. The number of aryl methyl sites for hydroxylation is 1. The van der Waals surface area contributed by atoms with Gasteiger partial charge in [0.1, 0.15) is 0 Å². The van der Waals surface area contributed by atoms with Crippen LogP contribution in [0.2, 0.25) is 0 Å². The van der Waals surface area contributed by atoms with Crippen LogP contribution in [0.5, 0.6) is 0 Å².